The van der Waals surface area contributed by atoms with Crippen LogP contribution in [0.5, 0.6) is 0 Å². The maximum absolute atomic E-state index is 13.2. The van der Waals surface area contributed by atoms with E-state index in [4.69, 9.17) is 15.2 Å². The number of benzene rings is 2. The fraction of sp³-hybridized carbons (Fsp3) is 0.231. The second-order valence-electron chi connectivity index (χ2n) is 7.74. The summed E-state index contributed by atoms with van der Waals surface area (Å²) in [5, 5.41) is 12.9. The Morgan fingerprint density at radius 2 is 1.74 bits per heavy atom. The van der Waals surface area contributed by atoms with E-state index in [1.807, 2.05) is 0 Å². The van der Waals surface area contributed by atoms with Crippen LogP contribution in [0.2, 0.25) is 0 Å². The number of aryl methyl sites for hydroxylation is 1. The van der Waals surface area contributed by atoms with Crippen molar-refractivity contribution in [1.82, 2.24) is 0 Å². The number of nitriles is 1. The SMILES string of the molecule is CCC(=O)Nc1ccc(C)c(N2C(N)=C(C#N)C(c3ccccc3)C(C(=O)OC)=C2C(=O)OC)c1. The zero-order chi connectivity index (χ0) is 25.7. The first-order valence-electron chi connectivity index (χ1n) is 10.8. The molecule has 9 heteroatoms. The van der Waals surface area contributed by atoms with Crippen LogP contribution in [0.1, 0.15) is 30.4 Å². The highest BCUT2D eigenvalue weighted by molar-refractivity contribution is 6.06. The number of nitrogens with one attached hydrogen (secondary N) is 1. The number of methoxy groups -OCH3 is 2. The van der Waals surface area contributed by atoms with Crippen molar-refractivity contribution < 1.29 is 23.9 Å². The van der Waals surface area contributed by atoms with Gasteiger partial charge in [0.15, 0.2) is 0 Å². The van der Waals surface area contributed by atoms with Crippen LogP contribution in [0, 0.1) is 18.3 Å². The highest BCUT2D eigenvalue weighted by atomic mass is 16.5. The predicted molar refractivity (Wildman–Crippen MR) is 130 cm³/mol. The van der Waals surface area contributed by atoms with Crippen molar-refractivity contribution in [2.45, 2.75) is 26.2 Å². The first-order valence-corrected chi connectivity index (χ1v) is 10.8. The number of carbonyl (C=O) groups excluding carboxylic acids is 3. The molecule has 0 aromatic heterocycles. The lowest BCUT2D eigenvalue weighted by Crippen LogP contribution is -2.41. The van der Waals surface area contributed by atoms with Gasteiger partial charge in [0.1, 0.15) is 11.5 Å². The number of nitrogens with two attached hydrogens (primary N) is 1. The highest BCUT2D eigenvalue weighted by Crippen LogP contribution is 2.44. The molecule has 1 aliphatic rings. The molecule has 35 heavy (non-hydrogen) atoms. The van der Waals surface area contributed by atoms with Crippen molar-refractivity contribution >= 4 is 29.2 Å². The number of amides is 1. The number of nitrogens with zero attached hydrogens (tertiary/aromatic N) is 2. The van der Waals surface area contributed by atoms with Crippen molar-refractivity contribution in [2.24, 2.45) is 5.73 Å². The van der Waals surface area contributed by atoms with Crippen LogP contribution >= 0.6 is 0 Å². The van der Waals surface area contributed by atoms with Crippen molar-refractivity contribution in [3.8, 4) is 6.07 Å². The summed E-state index contributed by atoms with van der Waals surface area (Å²) in [7, 11) is 2.38. The fourth-order valence-corrected chi connectivity index (χ4v) is 3.94. The molecule has 2 aromatic carbocycles. The number of hydrogen-bond acceptors (Lipinski definition) is 8. The third kappa shape index (κ3) is 4.73. The molecule has 0 radical (unpaired) electrons. The van der Waals surface area contributed by atoms with E-state index in [9.17, 15) is 19.6 Å². The van der Waals surface area contributed by atoms with E-state index in [-0.39, 0.29) is 35.0 Å². The Bertz CT molecular complexity index is 1270. The van der Waals surface area contributed by atoms with Crippen LogP contribution in [0.4, 0.5) is 11.4 Å². The number of hydrogen-bond donors (Lipinski definition) is 2. The van der Waals surface area contributed by atoms with E-state index in [2.05, 4.69) is 11.4 Å². The lowest BCUT2D eigenvalue weighted by atomic mass is 9.80. The minimum atomic E-state index is -0.956. The highest BCUT2D eigenvalue weighted by Gasteiger charge is 2.43. The molecule has 0 fully saturated rings. The summed E-state index contributed by atoms with van der Waals surface area (Å²) in [5.74, 6) is -2.85. The smallest absolute Gasteiger partial charge is 0.355 e. The topological polar surface area (TPSA) is 135 Å². The molecule has 3 rings (SSSR count). The number of esters is 2. The van der Waals surface area contributed by atoms with E-state index in [1.54, 1.807) is 62.4 Å². The van der Waals surface area contributed by atoms with Gasteiger partial charge in [-0.05, 0) is 30.2 Å². The van der Waals surface area contributed by atoms with E-state index in [0.29, 0.717) is 22.5 Å². The molecule has 0 spiro atoms. The molecule has 1 amide bonds. The molecule has 1 heterocycles. The van der Waals surface area contributed by atoms with Gasteiger partial charge in [0.2, 0.25) is 5.91 Å². The van der Waals surface area contributed by atoms with Gasteiger partial charge in [-0.3, -0.25) is 9.69 Å². The standard InChI is InChI=1S/C26H26N4O5/c1-5-20(31)29-17-12-11-15(2)19(13-17)30-23(26(33)35-4)22(25(32)34-3)21(18(14-27)24(30)28)16-9-7-6-8-10-16/h6-13,21H,5,28H2,1-4H3,(H,29,31). The van der Waals surface area contributed by atoms with Gasteiger partial charge in [-0.2, -0.15) is 5.26 Å². The number of rotatable bonds is 6. The lowest BCUT2D eigenvalue weighted by Gasteiger charge is -2.36. The maximum Gasteiger partial charge on any atom is 0.355 e. The third-order valence-electron chi connectivity index (χ3n) is 5.67. The monoisotopic (exact) mass is 474 g/mol. The molecular weight excluding hydrogens is 448 g/mol. The Morgan fingerprint density at radius 3 is 2.31 bits per heavy atom. The van der Waals surface area contributed by atoms with Crippen molar-refractivity contribution in [1.29, 1.82) is 5.26 Å². The van der Waals surface area contributed by atoms with Crippen LogP contribution in [0.25, 0.3) is 0 Å². The van der Waals surface area contributed by atoms with Crippen molar-refractivity contribution in [3.05, 3.63) is 82.3 Å². The van der Waals surface area contributed by atoms with Gasteiger partial charge in [-0.1, -0.05) is 43.3 Å². The van der Waals surface area contributed by atoms with Crippen LogP contribution in [0.3, 0.4) is 0 Å². The van der Waals surface area contributed by atoms with Crippen LogP contribution in [-0.2, 0) is 23.9 Å². The zero-order valence-electron chi connectivity index (χ0n) is 19.9. The Morgan fingerprint density at radius 1 is 1.09 bits per heavy atom. The second-order valence-corrected chi connectivity index (χ2v) is 7.74. The number of allylic oxidation sites excluding steroid dienone is 1. The first-order chi connectivity index (χ1) is 16.8. The molecule has 3 N–H and O–H groups in total. The number of anilines is 2. The summed E-state index contributed by atoms with van der Waals surface area (Å²) in [4.78, 5) is 39.6. The molecule has 9 nitrogen and oxygen atoms in total. The number of ether oxygens (including phenoxy) is 2. The Kier molecular flexibility index (Phi) is 7.56. The van der Waals surface area contributed by atoms with Crippen molar-refractivity contribution in [3.63, 3.8) is 0 Å². The summed E-state index contributed by atoms with van der Waals surface area (Å²) in [6.07, 6.45) is 0.270. The Labute approximate surface area is 203 Å². The van der Waals surface area contributed by atoms with E-state index in [1.165, 1.54) is 19.1 Å². The van der Waals surface area contributed by atoms with E-state index < -0.39 is 17.9 Å². The average molecular weight is 475 g/mol. The van der Waals surface area contributed by atoms with Crippen molar-refractivity contribution in [2.75, 3.05) is 24.4 Å². The van der Waals surface area contributed by atoms with Crippen LogP contribution in [-0.4, -0.2) is 32.1 Å². The van der Waals surface area contributed by atoms with E-state index in [0.717, 1.165) is 0 Å². The average Bonchev–Trinajstić information content (AvgIpc) is 2.88. The molecule has 0 saturated heterocycles. The van der Waals surface area contributed by atoms with Gasteiger partial charge in [0.05, 0.1) is 43.0 Å². The van der Waals surface area contributed by atoms with Gasteiger partial charge in [0.25, 0.3) is 0 Å². The molecule has 0 aliphatic carbocycles. The summed E-state index contributed by atoms with van der Waals surface area (Å²) in [6, 6.07) is 15.9. The van der Waals surface area contributed by atoms with E-state index >= 15 is 0 Å². The molecular formula is C26H26N4O5. The minimum Gasteiger partial charge on any atom is -0.466 e. The second kappa shape index (κ2) is 10.6. The number of carbonyl (C=O) groups is 3. The van der Waals surface area contributed by atoms with Gasteiger partial charge < -0.3 is 20.5 Å². The maximum atomic E-state index is 13.2. The van der Waals surface area contributed by atoms with Gasteiger partial charge in [-0.15, -0.1) is 0 Å². The Hall–Kier alpha value is -4.58. The van der Waals surface area contributed by atoms with Gasteiger partial charge >= 0.3 is 11.9 Å². The summed E-state index contributed by atoms with van der Waals surface area (Å²) in [6.45, 7) is 3.50. The fourth-order valence-electron chi connectivity index (χ4n) is 3.94. The Balaban J connectivity index is 2.39. The summed E-state index contributed by atoms with van der Waals surface area (Å²) in [5.41, 5.74) is 8.42. The minimum absolute atomic E-state index is 0.0449. The van der Waals surface area contributed by atoms with Gasteiger partial charge in [-0.25, -0.2) is 9.59 Å². The molecule has 1 unspecified atom stereocenters. The third-order valence-corrected chi connectivity index (χ3v) is 5.67. The molecule has 180 valence electrons. The normalized spacial score (nSPS) is 15.4. The quantitative estimate of drug-likeness (QED) is 0.609. The lowest BCUT2D eigenvalue weighted by molar-refractivity contribution is -0.139. The molecule has 0 bridgehead atoms. The first kappa shape index (κ1) is 25.1. The van der Waals surface area contributed by atoms with Gasteiger partial charge in [0, 0.05) is 12.1 Å². The molecule has 1 aliphatic heterocycles. The molecule has 0 saturated carbocycles. The molecule has 2 aromatic rings. The molecule has 1 atom stereocenters. The van der Waals surface area contributed by atoms with Crippen LogP contribution in [0.15, 0.2) is 71.2 Å². The van der Waals surface area contributed by atoms with Crippen LogP contribution < -0.4 is 16.0 Å². The predicted octanol–water partition coefficient (Wildman–Crippen LogP) is 3.24. The summed E-state index contributed by atoms with van der Waals surface area (Å²) >= 11 is 0. The zero-order valence-corrected chi connectivity index (χ0v) is 19.9. The summed E-state index contributed by atoms with van der Waals surface area (Å²) < 4.78 is 10.1. The largest absolute Gasteiger partial charge is 0.466 e.